The van der Waals surface area contributed by atoms with Gasteiger partial charge in [0, 0.05) is 5.41 Å². The molecule has 1 heterocycles. The summed E-state index contributed by atoms with van der Waals surface area (Å²) in [6, 6.07) is 0. The lowest BCUT2D eigenvalue weighted by Gasteiger charge is -2.42. The summed E-state index contributed by atoms with van der Waals surface area (Å²) in [5.74, 6) is -0.325. The fraction of sp³-hybridized carbons (Fsp3) is 1.00. The number of hydrogen-bond donors (Lipinski definition) is 0. The smallest absolute Gasteiger partial charge is 0.165 e. The largest absolute Gasteiger partial charge is 0.350 e. The Hall–Kier alpha value is -0.0800. The molecule has 2 nitrogen and oxygen atoms in total. The summed E-state index contributed by atoms with van der Waals surface area (Å²) in [6.45, 7) is 10.2. The van der Waals surface area contributed by atoms with E-state index in [2.05, 4.69) is 20.8 Å². The molecule has 0 radical (unpaired) electrons. The molecule has 0 atom stereocenters. The zero-order valence-corrected chi connectivity index (χ0v) is 8.64. The van der Waals surface area contributed by atoms with Crippen molar-refractivity contribution in [3.63, 3.8) is 0 Å². The predicted octanol–water partition coefficient (Wildman–Crippen LogP) is 2.58. The molecule has 1 rings (SSSR count). The Balaban J connectivity index is 2.49. The van der Waals surface area contributed by atoms with Crippen LogP contribution in [0.2, 0.25) is 0 Å². The summed E-state index contributed by atoms with van der Waals surface area (Å²) < 4.78 is 11.4. The first-order valence-electron chi connectivity index (χ1n) is 4.81. The Morgan fingerprint density at radius 1 is 1.00 bits per heavy atom. The van der Waals surface area contributed by atoms with Crippen LogP contribution in [-0.4, -0.2) is 19.0 Å². The van der Waals surface area contributed by atoms with Crippen LogP contribution < -0.4 is 0 Å². The van der Waals surface area contributed by atoms with Crippen LogP contribution in [0.4, 0.5) is 0 Å². The molecule has 1 aliphatic rings. The molecule has 1 aliphatic heterocycles. The standard InChI is InChI=1S/C10H20O2/c1-5-9(3)7-11-10(4,6-2)12-8-9/h5-8H2,1-4H3. The third-order valence-electron chi connectivity index (χ3n) is 2.95. The first kappa shape index (κ1) is 10.0. The molecule has 0 amide bonds. The van der Waals surface area contributed by atoms with Gasteiger partial charge in [-0.25, -0.2) is 0 Å². The fourth-order valence-corrected chi connectivity index (χ4v) is 1.15. The average Bonchev–Trinajstić information content (AvgIpc) is 2.11. The van der Waals surface area contributed by atoms with Crippen molar-refractivity contribution >= 4 is 0 Å². The van der Waals surface area contributed by atoms with E-state index in [1.807, 2.05) is 6.92 Å². The minimum atomic E-state index is -0.325. The Morgan fingerprint density at radius 2 is 1.50 bits per heavy atom. The number of ether oxygens (including phenoxy) is 2. The van der Waals surface area contributed by atoms with Gasteiger partial charge in [-0.3, -0.25) is 0 Å². The summed E-state index contributed by atoms with van der Waals surface area (Å²) in [5.41, 5.74) is 0.231. The van der Waals surface area contributed by atoms with Gasteiger partial charge in [-0.05, 0) is 19.8 Å². The van der Waals surface area contributed by atoms with Gasteiger partial charge in [-0.15, -0.1) is 0 Å². The Labute approximate surface area is 75.2 Å². The molecule has 72 valence electrons. The topological polar surface area (TPSA) is 18.5 Å². The molecule has 0 unspecified atom stereocenters. The van der Waals surface area contributed by atoms with E-state index in [1.165, 1.54) is 0 Å². The SMILES string of the molecule is CCC1(C)COC(C)(CC)OC1. The van der Waals surface area contributed by atoms with Crippen LogP contribution in [0.1, 0.15) is 40.5 Å². The minimum Gasteiger partial charge on any atom is -0.350 e. The lowest BCUT2D eigenvalue weighted by atomic mass is 9.88. The van der Waals surface area contributed by atoms with Gasteiger partial charge < -0.3 is 9.47 Å². The third-order valence-corrected chi connectivity index (χ3v) is 2.95. The monoisotopic (exact) mass is 172 g/mol. The highest BCUT2D eigenvalue weighted by atomic mass is 16.7. The van der Waals surface area contributed by atoms with Crippen LogP contribution in [0.3, 0.4) is 0 Å². The maximum Gasteiger partial charge on any atom is 0.165 e. The van der Waals surface area contributed by atoms with Gasteiger partial charge in [0.1, 0.15) is 0 Å². The molecule has 0 aromatic heterocycles. The Kier molecular flexibility index (Phi) is 2.79. The van der Waals surface area contributed by atoms with Crippen LogP contribution in [0.5, 0.6) is 0 Å². The molecule has 1 saturated heterocycles. The minimum absolute atomic E-state index is 0.231. The summed E-state index contributed by atoms with van der Waals surface area (Å²) in [6.07, 6.45) is 2.04. The van der Waals surface area contributed by atoms with Gasteiger partial charge in [0.25, 0.3) is 0 Å². The second-order valence-corrected chi connectivity index (χ2v) is 4.23. The van der Waals surface area contributed by atoms with Crippen molar-refractivity contribution in [2.24, 2.45) is 5.41 Å². The van der Waals surface area contributed by atoms with Crippen molar-refractivity contribution in [1.82, 2.24) is 0 Å². The maximum absolute atomic E-state index is 5.70. The van der Waals surface area contributed by atoms with Crippen LogP contribution in [0.15, 0.2) is 0 Å². The lowest BCUT2D eigenvalue weighted by molar-refractivity contribution is -0.293. The van der Waals surface area contributed by atoms with Crippen molar-refractivity contribution < 1.29 is 9.47 Å². The molecule has 12 heavy (non-hydrogen) atoms. The highest BCUT2D eigenvalue weighted by Gasteiger charge is 2.36. The molecule has 0 N–H and O–H groups in total. The van der Waals surface area contributed by atoms with Crippen LogP contribution in [0, 0.1) is 5.41 Å². The Bertz CT molecular complexity index is 128. The number of rotatable bonds is 2. The summed E-state index contributed by atoms with van der Waals surface area (Å²) in [5, 5.41) is 0. The first-order chi connectivity index (χ1) is 5.54. The van der Waals surface area contributed by atoms with Crippen molar-refractivity contribution in [3.8, 4) is 0 Å². The normalized spacial score (nSPS) is 43.0. The molecular weight excluding hydrogens is 152 g/mol. The lowest BCUT2D eigenvalue weighted by Crippen LogP contribution is -2.46. The molecule has 0 aromatic rings. The van der Waals surface area contributed by atoms with E-state index in [1.54, 1.807) is 0 Å². The maximum atomic E-state index is 5.70. The van der Waals surface area contributed by atoms with Gasteiger partial charge >= 0.3 is 0 Å². The predicted molar refractivity (Wildman–Crippen MR) is 49.0 cm³/mol. The van der Waals surface area contributed by atoms with Crippen molar-refractivity contribution in [1.29, 1.82) is 0 Å². The van der Waals surface area contributed by atoms with E-state index >= 15 is 0 Å². The third kappa shape index (κ3) is 1.99. The van der Waals surface area contributed by atoms with E-state index in [9.17, 15) is 0 Å². The molecule has 0 bridgehead atoms. The molecular formula is C10H20O2. The quantitative estimate of drug-likeness (QED) is 0.637. The zero-order chi connectivity index (χ0) is 9.24. The summed E-state index contributed by atoms with van der Waals surface area (Å²) in [7, 11) is 0. The van der Waals surface area contributed by atoms with Crippen LogP contribution >= 0.6 is 0 Å². The molecule has 0 saturated carbocycles. The second-order valence-electron chi connectivity index (χ2n) is 4.23. The van der Waals surface area contributed by atoms with E-state index in [-0.39, 0.29) is 11.2 Å². The van der Waals surface area contributed by atoms with Gasteiger partial charge in [0.05, 0.1) is 13.2 Å². The van der Waals surface area contributed by atoms with Crippen molar-refractivity contribution in [3.05, 3.63) is 0 Å². The van der Waals surface area contributed by atoms with E-state index in [0.29, 0.717) is 0 Å². The summed E-state index contributed by atoms with van der Waals surface area (Å²) in [4.78, 5) is 0. The highest BCUT2D eigenvalue weighted by molar-refractivity contribution is 4.78. The molecule has 0 spiro atoms. The second kappa shape index (κ2) is 3.35. The number of hydrogen-bond acceptors (Lipinski definition) is 2. The first-order valence-corrected chi connectivity index (χ1v) is 4.81. The molecule has 2 heteroatoms. The van der Waals surface area contributed by atoms with Gasteiger partial charge in [0.2, 0.25) is 0 Å². The van der Waals surface area contributed by atoms with Gasteiger partial charge in [-0.2, -0.15) is 0 Å². The van der Waals surface area contributed by atoms with Gasteiger partial charge in [-0.1, -0.05) is 20.8 Å². The molecule has 0 aliphatic carbocycles. The van der Waals surface area contributed by atoms with Crippen molar-refractivity contribution in [2.75, 3.05) is 13.2 Å². The zero-order valence-electron chi connectivity index (χ0n) is 8.64. The average molecular weight is 172 g/mol. The Morgan fingerprint density at radius 3 is 1.83 bits per heavy atom. The van der Waals surface area contributed by atoms with Crippen LogP contribution in [0.25, 0.3) is 0 Å². The fourth-order valence-electron chi connectivity index (χ4n) is 1.15. The molecule has 0 aromatic carbocycles. The van der Waals surface area contributed by atoms with Crippen molar-refractivity contribution in [2.45, 2.75) is 46.3 Å². The van der Waals surface area contributed by atoms with E-state index in [0.717, 1.165) is 26.1 Å². The highest BCUT2D eigenvalue weighted by Crippen LogP contribution is 2.33. The van der Waals surface area contributed by atoms with Crippen LogP contribution in [-0.2, 0) is 9.47 Å². The van der Waals surface area contributed by atoms with E-state index < -0.39 is 0 Å². The summed E-state index contributed by atoms with van der Waals surface area (Å²) >= 11 is 0. The van der Waals surface area contributed by atoms with Gasteiger partial charge in [0.15, 0.2) is 5.79 Å². The van der Waals surface area contributed by atoms with E-state index in [4.69, 9.17) is 9.47 Å². The molecule has 1 fully saturated rings.